The molecule has 1 aliphatic carbocycles. The van der Waals surface area contributed by atoms with Crippen LogP contribution in [0.15, 0.2) is 0 Å². The molecule has 0 aromatic carbocycles. The second-order valence-corrected chi connectivity index (χ2v) is 7.60. The molecule has 26 heavy (non-hydrogen) atoms. The number of hydrogen-bond donors (Lipinski definition) is 2. The highest BCUT2D eigenvalue weighted by Gasteiger charge is 2.41. The van der Waals surface area contributed by atoms with Gasteiger partial charge < -0.3 is 20.0 Å². The van der Waals surface area contributed by atoms with Gasteiger partial charge >= 0.3 is 11.9 Å². The van der Waals surface area contributed by atoms with Crippen molar-refractivity contribution in [1.29, 1.82) is 0 Å². The molecule has 3 fully saturated rings. The van der Waals surface area contributed by atoms with Gasteiger partial charge in [-0.15, -0.1) is 0 Å². The number of carbonyl (C=O) groups excluding carboxylic acids is 2. The fourth-order valence-electron chi connectivity index (χ4n) is 4.63. The van der Waals surface area contributed by atoms with Gasteiger partial charge in [0, 0.05) is 24.9 Å². The van der Waals surface area contributed by atoms with Crippen molar-refractivity contribution in [3.8, 4) is 0 Å². The van der Waals surface area contributed by atoms with E-state index in [0.29, 0.717) is 64.5 Å². The van der Waals surface area contributed by atoms with E-state index in [1.807, 2.05) is 0 Å². The molecular weight excluding hydrogens is 340 g/mol. The van der Waals surface area contributed by atoms with E-state index >= 15 is 0 Å². The molecule has 0 bridgehead atoms. The van der Waals surface area contributed by atoms with Crippen LogP contribution in [0.2, 0.25) is 0 Å². The summed E-state index contributed by atoms with van der Waals surface area (Å²) >= 11 is 0. The predicted octanol–water partition coefficient (Wildman–Crippen LogP) is 0.944. The van der Waals surface area contributed by atoms with E-state index in [1.54, 1.807) is 0 Å². The molecule has 2 amide bonds. The van der Waals surface area contributed by atoms with Crippen molar-refractivity contribution >= 4 is 23.8 Å². The minimum atomic E-state index is -0.951. The van der Waals surface area contributed by atoms with Crippen LogP contribution >= 0.6 is 0 Å². The molecule has 0 aromatic rings. The third-order valence-electron chi connectivity index (χ3n) is 6.07. The van der Waals surface area contributed by atoms with Crippen molar-refractivity contribution < 1.29 is 29.4 Å². The molecular formula is C18H26N2O6. The molecule has 8 heteroatoms. The van der Waals surface area contributed by atoms with Gasteiger partial charge in [0.2, 0.25) is 11.8 Å². The van der Waals surface area contributed by atoms with E-state index in [2.05, 4.69) is 0 Å². The maximum atomic E-state index is 12.7. The number of carbonyl (C=O) groups is 4. The molecule has 8 nitrogen and oxygen atoms in total. The lowest BCUT2D eigenvalue weighted by Gasteiger charge is -2.33. The van der Waals surface area contributed by atoms with E-state index in [9.17, 15) is 29.4 Å². The topological polar surface area (TPSA) is 115 Å². The van der Waals surface area contributed by atoms with Gasteiger partial charge in [-0.25, -0.2) is 9.59 Å². The second-order valence-electron chi connectivity index (χ2n) is 7.60. The van der Waals surface area contributed by atoms with Crippen LogP contribution in [0.25, 0.3) is 0 Å². The Labute approximate surface area is 152 Å². The molecule has 3 rings (SSSR count). The molecule has 2 atom stereocenters. The number of carboxylic acids is 2. The minimum Gasteiger partial charge on any atom is -0.480 e. The summed E-state index contributed by atoms with van der Waals surface area (Å²) in [5.74, 6) is -2.57. The van der Waals surface area contributed by atoms with Crippen molar-refractivity contribution in [3.05, 3.63) is 0 Å². The van der Waals surface area contributed by atoms with Gasteiger partial charge in [-0.3, -0.25) is 9.59 Å². The van der Waals surface area contributed by atoms with Crippen LogP contribution in [0.5, 0.6) is 0 Å². The summed E-state index contributed by atoms with van der Waals surface area (Å²) in [7, 11) is 0. The van der Waals surface area contributed by atoms with Crippen LogP contribution in [-0.2, 0) is 19.2 Å². The monoisotopic (exact) mass is 366 g/mol. The average molecular weight is 366 g/mol. The predicted molar refractivity (Wildman–Crippen MR) is 90.2 cm³/mol. The van der Waals surface area contributed by atoms with Crippen molar-refractivity contribution in [2.45, 2.75) is 63.5 Å². The normalized spacial score (nSPS) is 31.8. The molecule has 2 N–H and O–H groups in total. The fourth-order valence-corrected chi connectivity index (χ4v) is 4.63. The first kappa shape index (κ1) is 18.7. The Morgan fingerprint density at radius 1 is 0.615 bits per heavy atom. The van der Waals surface area contributed by atoms with E-state index < -0.39 is 24.0 Å². The zero-order chi connectivity index (χ0) is 18.8. The van der Waals surface area contributed by atoms with Crippen LogP contribution < -0.4 is 0 Å². The molecule has 3 aliphatic rings. The van der Waals surface area contributed by atoms with E-state index in [-0.39, 0.29) is 23.7 Å². The van der Waals surface area contributed by atoms with Crippen LogP contribution in [0, 0.1) is 11.8 Å². The summed E-state index contributed by atoms with van der Waals surface area (Å²) in [6.07, 6.45) is 4.66. The SMILES string of the molecule is O=C(O)[C@H]1CCCN1C(=O)[C@H]1CC[C@H](C(=O)N2CCC[C@@H]2C(=O)O)CC1. The lowest BCUT2D eigenvalue weighted by Crippen LogP contribution is -2.46. The van der Waals surface area contributed by atoms with Crippen LogP contribution in [0.3, 0.4) is 0 Å². The highest BCUT2D eigenvalue weighted by molar-refractivity contribution is 5.87. The Balaban J connectivity index is 1.55. The van der Waals surface area contributed by atoms with Crippen LogP contribution in [-0.4, -0.2) is 68.9 Å². The van der Waals surface area contributed by atoms with Gasteiger partial charge in [0.1, 0.15) is 12.1 Å². The first-order chi connectivity index (χ1) is 12.4. The number of hydrogen-bond acceptors (Lipinski definition) is 4. The summed E-state index contributed by atoms with van der Waals surface area (Å²) in [6, 6.07) is -1.44. The van der Waals surface area contributed by atoms with Crippen LogP contribution in [0.4, 0.5) is 0 Å². The second kappa shape index (κ2) is 7.63. The lowest BCUT2D eigenvalue weighted by molar-refractivity contribution is -0.152. The van der Waals surface area contributed by atoms with Crippen molar-refractivity contribution in [2.75, 3.05) is 13.1 Å². The third kappa shape index (κ3) is 3.54. The Morgan fingerprint density at radius 3 is 1.27 bits per heavy atom. The zero-order valence-corrected chi connectivity index (χ0v) is 14.8. The average Bonchev–Trinajstić information content (AvgIpc) is 3.29. The standard InChI is InChI=1S/C18H26N2O6/c21-15(19-9-1-3-13(19)17(23)24)11-5-7-12(8-6-11)16(22)20-10-2-4-14(20)18(25)26/h11-14H,1-10H2,(H,23,24)(H,25,26)/t11-,12-,13-,14-/m1/s1. The fraction of sp³-hybridized carbons (Fsp3) is 0.778. The quantitative estimate of drug-likeness (QED) is 0.765. The summed E-state index contributed by atoms with van der Waals surface area (Å²) in [5.41, 5.74) is 0. The molecule has 2 saturated heterocycles. The van der Waals surface area contributed by atoms with Crippen molar-refractivity contribution in [3.63, 3.8) is 0 Å². The van der Waals surface area contributed by atoms with E-state index in [4.69, 9.17) is 0 Å². The summed E-state index contributed by atoms with van der Waals surface area (Å²) in [6.45, 7) is 0.978. The van der Waals surface area contributed by atoms with E-state index in [0.717, 1.165) is 0 Å². The molecule has 144 valence electrons. The molecule has 0 spiro atoms. The van der Waals surface area contributed by atoms with Gasteiger partial charge in [-0.1, -0.05) is 0 Å². The van der Waals surface area contributed by atoms with Gasteiger partial charge in [0.15, 0.2) is 0 Å². The highest BCUT2D eigenvalue weighted by atomic mass is 16.4. The van der Waals surface area contributed by atoms with Gasteiger partial charge in [-0.2, -0.15) is 0 Å². The van der Waals surface area contributed by atoms with Gasteiger partial charge in [-0.05, 0) is 51.4 Å². The largest absolute Gasteiger partial charge is 0.480 e. The number of carboxylic acid groups (broad SMARTS) is 2. The Morgan fingerprint density at radius 2 is 0.962 bits per heavy atom. The molecule has 0 radical (unpaired) electrons. The number of aliphatic carboxylic acids is 2. The van der Waals surface area contributed by atoms with Gasteiger partial charge in [0.25, 0.3) is 0 Å². The third-order valence-corrected chi connectivity index (χ3v) is 6.07. The maximum Gasteiger partial charge on any atom is 0.326 e. The smallest absolute Gasteiger partial charge is 0.326 e. The number of likely N-dealkylation sites (tertiary alicyclic amines) is 2. The van der Waals surface area contributed by atoms with Gasteiger partial charge in [0.05, 0.1) is 0 Å². The molecule has 0 unspecified atom stereocenters. The first-order valence-corrected chi connectivity index (χ1v) is 9.46. The summed E-state index contributed by atoms with van der Waals surface area (Å²) in [4.78, 5) is 50.9. The Hall–Kier alpha value is -2.12. The van der Waals surface area contributed by atoms with Crippen molar-refractivity contribution in [1.82, 2.24) is 9.80 Å². The Kier molecular flexibility index (Phi) is 5.48. The summed E-state index contributed by atoms with van der Waals surface area (Å²) < 4.78 is 0. The van der Waals surface area contributed by atoms with Crippen molar-refractivity contribution in [2.24, 2.45) is 11.8 Å². The molecule has 0 aromatic heterocycles. The zero-order valence-electron chi connectivity index (χ0n) is 14.8. The molecule has 1 saturated carbocycles. The number of amides is 2. The first-order valence-electron chi connectivity index (χ1n) is 9.46. The highest BCUT2D eigenvalue weighted by Crippen LogP contribution is 2.34. The Bertz CT molecular complexity index is 546. The summed E-state index contributed by atoms with van der Waals surface area (Å²) in [5, 5.41) is 18.5. The molecule has 2 heterocycles. The van der Waals surface area contributed by atoms with E-state index in [1.165, 1.54) is 9.80 Å². The maximum absolute atomic E-state index is 12.7. The number of rotatable bonds is 4. The number of nitrogens with zero attached hydrogens (tertiary/aromatic N) is 2. The molecule has 2 aliphatic heterocycles. The lowest BCUT2D eigenvalue weighted by atomic mass is 9.80. The van der Waals surface area contributed by atoms with Crippen LogP contribution in [0.1, 0.15) is 51.4 Å². The minimum absolute atomic E-state index is 0.106.